The van der Waals surface area contributed by atoms with Gasteiger partial charge in [0.15, 0.2) is 0 Å². The van der Waals surface area contributed by atoms with Crippen molar-refractivity contribution in [3.63, 3.8) is 0 Å². The molecule has 1 fully saturated rings. The summed E-state index contributed by atoms with van der Waals surface area (Å²) in [6.45, 7) is 0.693. The highest BCUT2D eigenvalue weighted by Crippen LogP contribution is 2.34. The summed E-state index contributed by atoms with van der Waals surface area (Å²) < 4.78 is 6.24. The highest BCUT2D eigenvalue weighted by Gasteiger charge is 2.24. The Labute approximate surface area is 148 Å². The molecule has 1 aliphatic rings. The van der Waals surface area contributed by atoms with Crippen LogP contribution in [0.1, 0.15) is 23.2 Å². The lowest BCUT2D eigenvalue weighted by Gasteiger charge is -2.19. The van der Waals surface area contributed by atoms with Gasteiger partial charge in [0.2, 0.25) is 5.91 Å². The highest BCUT2D eigenvalue weighted by molar-refractivity contribution is 9.10. The number of rotatable bonds is 4. The van der Waals surface area contributed by atoms with Gasteiger partial charge in [-0.3, -0.25) is 9.59 Å². The first-order chi connectivity index (χ1) is 11.6. The van der Waals surface area contributed by atoms with Crippen LogP contribution < -0.4 is 15.0 Å². The van der Waals surface area contributed by atoms with Crippen molar-refractivity contribution in [2.45, 2.75) is 12.8 Å². The van der Waals surface area contributed by atoms with E-state index in [4.69, 9.17) is 4.74 Å². The van der Waals surface area contributed by atoms with Gasteiger partial charge >= 0.3 is 0 Å². The van der Waals surface area contributed by atoms with Crippen LogP contribution in [0.4, 0.5) is 11.4 Å². The number of hydrogen-bond donors (Lipinski definition) is 1. The van der Waals surface area contributed by atoms with Crippen molar-refractivity contribution < 1.29 is 14.3 Å². The van der Waals surface area contributed by atoms with Gasteiger partial charge in [-0.2, -0.15) is 0 Å². The monoisotopic (exact) mass is 388 g/mol. The third-order valence-corrected chi connectivity index (χ3v) is 4.38. The molecule has 1 heterocycles. The van der Waals surface area contributed by atoms with Crippen LogP contribution in [0.3, 0.4) is 0 Å². The molecule has 124 valence electrons. The quantitative estimate of drug-likeness (QED) is 0.865. The third-order valence-electron chi connectivity index (χ3n) is 3.89. The number of anilines is 2. The standard InChI is InChI=1S/C18H17BrN2O3/c1-24-16-11-14(7-8-15(16)21-9-3-6-17(21)22)20-18(23)12-4-2-5-13(19)10-12/h2,4-5,7-8,10-11H,3,6,9H2,1H3,(H,20,23). The van der Waals surface area contributed by atoms with E-state index >= 15 is 0 Å². The van der Waals surface area contributed by atoms with Gasteiger partial charge in [-0.05, 0) is 36.8 Å². The maximum Gasteiger partial charge on any atom is 0.255 e. The minimum atomic E-state index is -0.205. The summed E-state index contributed by atoms with van der Waals surface area (Å²) in [5, 5.41) is 2.85. The Morgan fingerprint density at radius 2 is 2.08 bits per heavy atom. The summed E-state index contributed by atoms with van der Waals surface area (Å²) in [6, 6.07) is 12.5. The smallest absolute Gasteiger partial charge is 0.255 e. The molecule has 2 aromatic rings. The topological polar surface area (TPSA) is 58.6 Å². The van der Waals surface area contributed by atoms with Crippen molar-refractivity contribution >= 4 is 39.1 Å². The van der Waals surface area contributed by atoms with Crippen molar-refractivity contribution in [1.82, 2.24) is 0 Å². The van der Waals surface area contributed by atoms with E-state index in [9.17, 15) is 9.59 Å². The van der Waals surface area contributed by atoms with Crippen molar-refractivity contribution in [1.29, 1.82) is 0 Å². The number of halogens is 1. The first-order valence-electron chi connectivity index (χ1n) is 7.64. The molecule has 2 aromatic carbocycles. The van der Waals surface area contributed by atoms with Crippen LogP contribution >= 0.6 is 15.9 Å². The van der Waals surface area contributed by atoms with E-state index in [1.54, 1.807) is 42.3 Å². The van der Waals surface area contributed by atoms with Crippen molar-refractivity contribution in [2.24, 2.45) is 0 Å². The van der Waals surface area contributed by atoms with E-state index in [0.717, 1.165) is 16.6 Å². The molecule has 0 aromatic heterocycles. The number of ether oxygens (including phenoxy) is 1. The summed E-state index contributed by atoms with van der Waals surface area (Å²) in [5.41, 5.74) is 1.91. The lowest BCUT2D eigenvalue weighted by molar-refractivity contribution is -0.117. The number of benzene rings is 2. The van der Waals surface area contributed by atoms with Crippen LogP contribution in [-0.2, 0) is 4.79 Å². The zero-order valence-electron chi connectivity index (χ0n) is 13.2. The number of carbonyl (C=O) groups excluding carboxylic acids is 2. The summed E-state index contributed by atoms with van der Waals surface area (Å²) in [5.74, 6) is 0.458. The largest absolute Gasteiger partial charge is 0.494 e. The number of nitrogens with zero attached hydrogens (tertiary/aromatic N) is 1. The zero-order valence-corrected chi connectivity index (χ0v) is 14.8. The third kappa shape index (κ3) is 3.43. The Morgan fingerprint density at radius 1 is 1.25 bits per heavy atom. The van der Waals surface area contributed by atoms with E-state index in [0.29, 0.717) is 30.0 Å². The lowest BCUT2D eigenvalue weighted by atomic mass is 10.2. The van der Waals surface area contributed by atoms with E-state index in [1.165, 1.54) is 0 Å². The van der Waals surface area contributed by atoms with Crippen LogP contribution in [0.25, 0.3) is 0 Å². The van der Waals surface area contributed by atoms with Crippen LogP contribution in [0.5, 0.6) is 5.75 Å². The Balaban J connectivity index is 1.82. The van der Waals surface area contributed by atoms with Gasteiger partial charge in [0, 0.05) is 34.8 Å². The van der Waals surface area contributed by atoms with Gasteiger partial charge in [0.25, 0.3) is 5.91 Å². The fourth-order valence-corrected chi connectivity index (χ4v) is 3.11. The molecule has 0 bridgehead atoms. The molecular weight excluding hydrogens is 372 g/mol. The molecule has 0 atom stereocenters. The van der Waals surface area contributed by atoms with Crippen molar-refractivity contribution in [3.05, 3.63) is 52.5 Å². The summed E-state index contributed by atoms with van der Waals surface area (Å²) >= 11 is 3.35. The first kappa shape index (κ1) is 16.5. The number of amides is 2. The Kier molecular flexibility index (Phi) is 4.85. The maximum atomic E-state index is 12.3. The molecule has 5 nitrogen and oxygen atoms in total. The highest BCUT2D eigenvalue weighted by atomic mass is 79.9. The molecule has 6 heteroatoms. The molecular formula is C18H17BrN2O3. The Bertz CT molecular complexity index is 792. The van der Waals surface area contributed by atoms with Crippen molar-refractivity contribution in [2.75, 3.05) is 23.9 Å². The average molecular weight is 389 g/mol. The fourth-order valence-electron chi connectivity index (χ4n) is 2.71. The second kappa shape index (κ2) is 7.05. The van der Waals surface area contributed by atoms with Gasteiger partial charge < -0.3 is 15.0 Å². The molecule has 0 unspecified atom stereocenters. The molecule has 1 N–H and O–H groups in total. The molecule has 0 spiro atoms. The Hall–Kier alpha value is -2.34. The second-order valence-corrected chi connectivity index (χ2v) is 6.42. The normalized spacial score (nSPS) is 13.9. The minimum Gasteiger partial charge on any atom is -0.494 e. The van der Waals surface area contributed by atoms with E-state index in [2.05, 4.69) is 21.2 Å². The lowest BCUT2D eigenvalue weighted by Crippen LogP contribution is -2.24. The van der Waals surface area contributed by atoms with Crippen molar-refractivity contribution in [3.8, 4) is 5.75 Å². The molecule has 2 amide bonds. The molecule has 3 rings (SSSR count). The van der Waals surface area contributed by atoms with E-state index in [-0.39, 0.29) is 11.8 Å². The molecule has 24 heavy (non-hydrogen) atoms. The SMILES string of the molecule is COc1cc(NC(=O)c2cccc(Br)c2)ccc1N1CCCC1=O. The van der Waals surface area contributed by atoms with Gasteiger partial charge in [-0.25, -0.2) is 0 Å². The fraction of sp³-hybridized carbons (Fsp3) is 0.222. The summed E-state index contributed by atoms with van der Waals surface area (Å²) in [4.78, 5) is 26.0. The predicted molar refractivity (Wildman–Crippen MR) is 96.7 cm³/mol. The molecule has 1 aliphatic heterocycles. The number of nitrogens with one attached hydrogen (secondary N) is 1. The summed E-state index contributed by atoms with van der Waals surface area (Å²) in [7, 11) is 1.55. The van der Waals surface area contributed by atoms with Crippen LogP contribution in [0.15, 0.2) is 46.9 Å². The maximum absolute atomic E-state index is 12.3. The molecule has 0 aliphatic carbocycles. The van der Waals surface area contributed by atoms with Gasteiger partial charge in [0.1, 0.15) is 5.75 Å². The number of methoxy groups -OCH3 is 1. The second-order valence-electron chi connectivity index (χ2n) is 5.50. The van der Waals surface area contributed by atoms with E-state index in [1.807, 2.05) is 12.1 Å². The summed E-state index contributed by atoms with van der Waals surface area (Å²) in [6.07, 6.45) is 1.41. The molecule has 0 radical (unpaired) electrons. The van der Waals surface area contributed by atoms with Crippen LogP contribution in [-0.4, -0.2) is 25.5 Å². The van der Waals surface area contributed by atoms with Crippen LogP contribution in [0, 0.1) is 0 Å². The van der Waals surface area contributed by atoms with Gasteiger partial charge in [-0.1, -0.05) is 22.0 Å². The predicted octanol–water partition coefficient (Wildman–Crippen LogP) is 3.84. The average Bonchev–Trinajstić information content (AvgIpc) is 3.00. The van der Waals surface area contributed by atoms with Gasteiger partial charge in [-0.15, -0.1) is 0 Å². The molecule has 0 saturated carbocycles. The molecule has 1 saturated heterocycles. The van der Waals surface area contributed by atoms with Gasteiger partial charge in [0.05, 0.1) is 12.8 Å². The zero-order chi connectivity index (χ0) is 17.1. The number of hydrogen-bond acceptors (Lipinski definition) is 3. The minimum absolute atomic E-state index is 0.0965. The first-order valence-corrected chi connectivity index (χ1v) is 8.43. The van der Waals surface area contributed by atoms with Crippen LogP contribution in [0.2, 0.25) is 0 Å². The Morgan fingerprint density at radius 3 is 2.75 bits per heavy atom. The number of carbonyl (C=O) groups is 2. The van der Waals surface area contributed by atoms with E-state index < -0.39 is 0 Å².